The van der Waals surface area contributed by atoms with Crippen LogP contribution in [0.15, 0.2) is 17.3 Å². The lowest BCUT2D eigenvalue weighted by Crippen LogP contribution is -2.44. The second-order valence-electron chi connectivity index (χ2n) is 4.25. The minimum absolute atomic E-state index is 0.0757. The van der Waals surface area contributed by atoms with Gasteiger partial charge in [-0.1, -0.05) is 0 Å². The van der Waals surface area contributed by atoms with Gasteiger partial charge in [0.2, 0.25) is 0 Å². The molecular formula is C10H15N5O2S. The summed E-state index contributed by atoms with van der Waals surface area (Å²) < 4.78 is 26.5. The predicted octanol–water partition coefficient (Wildman–Crippen LogP) is -0.324. The van der Waals surface area contributed by atoms with Crippen molar-refractivity contribution in [3.63, 3.8) is 0 Å². The second-order valence-corrected chi connectivity index (χ2v) is 5.93. The van der Waals surface area contributed by atoms with Crippen LogP contribution >= 0.6 is 0 Å². The third-order valence-electron chi connectivity index (χ3n) is 2.97. The molecule has 0 atom stereocenters. The van der Waals surface area contributed by atoms with E-state index in [9.17, 15) is 8.42 Å². The number of nitriles is 1. The van der Waals surface area contributed by atoms with Gasteiger partial charge in [-0.15, -0.1) is 0 Å². The molecule has 0 aliphatic carbocycles. The van der Waals surface area contributed by atoms with Gasteiger partial charge in [-0.05, 0) is 18.9 Å². The molecule has 0 saturated carbocycles. The minimum Gasteiger partial charge on any atom is -0.290 e. The maximum absolute atomic E-state index is 11.9. The molecule has 1 saturated heterocycles. The number of piperidine rings is 1. The van der Waals surface area contributed by atoms with Crippen LogP contribution in [0, 0.1) is 11.3 Å². The monoisotopic (exact) mass is 269 g/mol. The normalized spacial score (nSPS) is 18.6. The summed E-state index contributed by atoms with van der Waals surface area (Å²) in [7, 11) is -3.50. The molecule has 8 heteroatoms. The van der Waals surface area contributed by atoms with Gasteiger partial charge in [0, 0.05) is 19.1 Å². The lowest BCUT2D eigenvalue weighted by molar-refractivity contribution is 0.229. The van der Waals surface area contributed by atoms with Crippen molar-refractivity contribution < 1.29 is 8.42 Å². The molecule has 2 N–H and O–H groups in total. The molecule has 0 spiro atoms. The van der Waals surface area contributed by atoms with E-state index in [1.807, 2.05) is 4.90 Å². The van der Waals surface area contributed by atoms with Gasteiger partial charge in [-0.25, -0.2) is 13.1 Å². The highest BCUT2D eigenvalue weighted by molar-refractivity contribution is 7.89. The third-order valence-corrected chi connectivity index (χ3v) is 4.42. The largest absolute Gasteiger partial charge is 0.290 e. The zero-order valence-corrected chi connectivity index (χ0v) is 10.7. The Morgan fingerprint density at radius 2 is 2.28 bits per heavy atom. The standard InChI is InChI=1S/C10H15N5O2S/c11-4-8-15-6-2-9(3-7-15)14-18(16,17)10-1-5-12-13-10/h1,5,9,14H,2-3,6-8H2,(H,12,13). The van der Waals surface area contributed by atoms with Crippen LogP contribution in [0.5, 0.6) is 0 Å². The molecule has 7 nitrogen and oxygen atoms in total. The average molecular weight is 269 g/mol. The number of aromatic nitrogens is 2. The Morgan fingerprint density at radius 1 is 1.56 bits per heavy atom. The van der Waals surface area contributed by atoms with Crippen LogP contribution in [0.2, 0.25) is 0 Å². The summed E-state index contributed by atoms with van der Waals surface area (Å²) in [6.07, 6.45) is 2.84. The van der Waals surface area contributed by atoms with E-state index in [4.69, 9.17) is 5.26 Å². The second kappa shape index (κ2) is 5.48. The molecule has 1 aliphatic heterocycles. The smallest absolute Gasteiger partial charge is 0.257 e. The van der Waals surface area contributed by atoms with Crippen molar-refractivity contribution in [3.8, 4) is 6.07 Å². The maximum Gasteiger partial charge on any atom is 0.257 e. The van der Waals surface area contributed by atoms with Gasteiger partial charge in [-0.2, -0.15) is 10.4 Å². The van der Waals surface area contributed by atoms with Gasteiger partial charge >= 0.3 is 0 Å². The Morgan fingerprint density at radius 3 is 2.83 bits per heavy atom. The third kappa shape index (κ3) is 3.07. The summed E-state index contributed by atoms with van der Waals surface area (Å²) in [6, 6.07) is 3.44. The number of aromatic amines is 1. The van der Waals surface area contributed by atoms with Crippen molar-refractivity contribution in [1.82, 2.24) is 19.8 Å². The number of likely N-dealkylation sites (tertiary alicyclic amines) is 1. The highest BCUT2D eigenvalue weighted by atomic mass is 32.2. The van der Waals surface area contributed by atoms with Gasteiger partial charge < -0.3 is 0 Å². The fraction of sp³-hybridized carbons (Fsp3) is 0.600. The van der Waals surface area contributed by atoms with Crippen LogP contribution in [0.25, 0.3) is 0 Å². The van der Waals surface area contributed by atoms with E-state index >= 15 is 0 Å². The van der Waals surface area contributed by atoms with Gasteiger partial charge in [-0.3, -0.25) is 10.00 Å². The summed E-state index contributed by atoms with van der Waals surface area (Å²) >= 11 is 0. The molecule has 2 rings (SSSR count). The molecular weight excluding hydrogens is 254 g/mol. The number of hydrogen-bond acceptors (Lipinski definition) is 5. The molecule has 1 aromatic heterocycles. The van der Waals surface area contributed by atoms with Crippen molar-refractivity contribution in [3.05, 3.63) is 12.3 Å². The highest BCUT2D eigenvalue weighted by Crippen LogP contribution is 2.13. The zero-order valence-electron chi connectivity index (χ0n) is 9.83. The minimum atomic E-state index is -3.50. The lowest BCUT2D eigenvalue weighted by Gasteiger charge is -2.30. The quantitative estimate of drug-likeness (QED) is 0.729. The van der Waals surface area contributed by atoms with Crippen LogP contribution in [0.1, 0.15) is 12.8 Å². The first-order valence-electron chi connectivity index (χ1n) is 5.73. The molecule has 1 fully saturated rings. The van der Waals surface area contributed by atoms with E-state index in [0.29, 0.717) is 6.54 Å². The Labute approximate surface area is 106 Å². The topological polar surface area (TPSA) is 102 Å². The predicted molar refractivity (Wildman–Crippen MR) is 64.0 cm³/mol. The van der Waals surface area contributed by atoms with Crippen LogP contribution in [-0.2, 0) is 10.0 Å². The number of hydrogen-bond donors (Lipinski definition) is 2. The number of sulfonamides is 1. The van der Waals surface area contributed by atoms with E-state index in [2.05, 4.69) is 21.0 Å². The first kappa shape index (κ1) is 13.0. The Bertz CT molecular complexity index is 511. The summed E-state index contributed by atoms with van der Waals surface area (Å²) in [5.41, 5.74) is 0. The summed E-state index contributed by atoms with van der Waals surface area (Å²) in [6.45, 7) is 1.88. The van der Waals surface area contributed by atoms with Crippen LogP contribution in [0.3, 0.4) is 0 Å². The summed E-state index contributed by atoms with van der Waals surface area (Å²) in [5.74, 6) is 0. The van der Waals surface area contributed by atoms with Gasteiger partial charge in [0.15, 0.2) is 5.03 Å². The summed E-state index contributed by atoms with van der Waals surface area (Å²) in [5, 5.41) is 14.7. The molecule has 0 bridgehead atoms. The van der Waals surface area contributed by atoms with Crippen molar-refractivity contribution in [2.24, 2.45) is 0 Å². The fourth-order valence-corrected chi connectivity index (χ4v) is 3.20. The Kier molecular flexibility index (Phi) is 3.96. The molecule has 1 aliphatic rings. The SMILES string of the molecule is N#CCN1CCC(NS(=O)(=O)c2ccn[nH]2)CC1. The van der Waals surface area contributed by atoms with Crippen molar-refractivity contribution in [1.29, 1.82) is 5.26 Å². The molecule has 98 valence electrons. The van der Waals surface area contributed by atoms with Gasteiger partial charge in [0.1, 0.15) is 0 Å². The van der Waals surface area contributed by atoms with Crippen molar-refractivity contribution in [2.75, 3.05) is 19.6 Å². The van der Waals surface area contributed by atoms with E-state index < -0.39 is 10.0 Å². The van der Waals surface area contributed by atoms with E-state index in [1.165, 1.54) is 12.3 Å². The van der Waals surface area contributed by atoms with Crippen LogP contribution < -0.4 is 4.72 Å². The average Bonchev–Trinajstić information content (AvgIpc) is 2.86. The maximum atomic E-state index is 11.9. The van der Waals surface area contributed by atoms with Crippen molar-refractivity contribution >= 4 is 10.0 Å². The fourth-order valence-electron chi connectivity index (χ4n) is 1.98. The molecule has 0 unspecified atom stereocenters. The zero-order chi connectivity index (χ0) is 13.0. The lowest BCUT2D eigenvalue weighted by atomic mass is 10.1. The van der Waals surface area contributed by atoms with E-state index in [1.54, 1.807) is 0 Å². The molecule has 0 radical (unpaired) electrons. The van der Waals surface area contributed by atoms with Gasteiger partial charge in [0.05, 0.1) is 18.8 Å². The Balaban J connectivity index is 1.91. The molecule has 0 amide bonds. The van der Waals surface area contributed by atoms with E-state index in [0.717, 1.165) is 25.9 Å². The molecule has 0 aromatic carbocycles. The number of nitrogens with zero attached hydrogens (tertiary/aromatic N) is 3. The van der Waals surface area contributed by atoms with Gasteiger partial charge in [0.25, 0.3) is 10.0 Å². The molecule has 18 heavy (non-hydrogen) atoms. The Hall–Kier alpha value is -1.43. The van der Waals surface area contributed by atoms with E-state index in [-0.39, 0.29) is 11.1 Å². The van der Waals surface area contributed by atoms with Crippen molar-refractivity contribution in [2.45, 2.75) is 23.9 Å². The highest BCUT2D eigenvalue weighted by Gasteiger charge is 2.24. The van der Waals surface area contributed by atoms with Crippen LogP contribution in [0.4, 0.5) is 0 Å². The number of rotatable bonds is 4. The molecule has 2 heterocycles. The first-order chi connectivity index (χ1) is 8.62. The molecule has 1 aromatic rings. The summed E-state index contributed by atoms with van der Waals surface area (Å²) in [4.78, 5) is 2.01. The number of H-pyrrole nitrogens is 1. The van der Waals surface area contributed by atoms with Crippen LogP contribution in [-0.4, -0.2) is 49.2 Å². The first-order valence-corrected chi connectivity index (χ1v) is 7.21. The number of nitrogens with one attached hydrogen (secondary N) is 2.